The predicted octanol–water partition coefficient (Wildman–Crippen LogP) is 0.214. The Morgan fingerprint density at radius 1 is 1.34 bits per heavy atom. The van der Waals surface area contributed by atoms with E-state index in [2.05, 4.69) is 5.32 Å². The number of nitrogens with zero attached hydrogens (tertiary/aromatic N) is 1. The summed E-state index contributed by atoms with van der Waals surface area (Å²) in [5.74, 6) is -8.02. The summed E-state index contributed by atoms with van der Waals surface area (Å²) >= 11 is 0. The number of Topliss-reactive ketones (excluding diaryl/α,β-unsaturated/α-hetero) is 3. The fraction of sp³-hybridized carbons (Fsp3) is 0.593. The first-order valence-electron chi connectivity index (χ1n) is 12.8. The number of phenolic OH excluding ortho intramolecular Hbond substituents is 1. The van der Waals surface area contributed by atoms with Crippen molar-refractivity contribution >= 4 is 29.0 Å². The van der Waals surface area contributed by atoms with Crippen LogP contribution in [-0.2, 0) is 27.3 Å². The molecule has 11 heteroatoms. The van der Waals surface area contributed by atoms with Gasteiger partial charge in [-0.25, -0.2) is 0 Å². The summed E-state index contributed by atoms with van der Waals surface area (Å²) in [6, 6.07) is 0.598. The molecule has 1 amide bonds. The van der Waals surface area contributed by atoms with Crippen LogP contribution in [0.15, 0.2) is 6.07 Å². The van der Waals surface area contributed by atoms with E-state index in [0.717, 1.165) is 6.42 Å². The van der Waals surface area contributed by atoms with Gasteiger partial charge in [0.05, 0.1) is 30.3 Å². The van der Waals surface area contributed by atoms with Gasteiger partial charge in [-0.3, -0.25) is 24.1 Å². The fourth-order valence-electron chi connectivity index (χ4n) is 6.59. The molecule has 0 radical (unpaired) electrons. The first kappa shape index (κ1) is 27.9. The van der Waals surface area contributed by atoms with Crippen molar-refractivity contribution in [3.63, 3.8) is 0 Å². The summed E-state index contributed by atoms with van der Waals surface area (Å²) in [5.41, 5.74) is 3.22. The quantitative estimate of drug-likeness (QED) is 0.309. The van der Waals surface area contributed by atoms with Crippen LogP contribution in [0.25, 0.3) is 0 Å². The maximum atomic E-state index is 13.9. The van der Waals surface area contributed by atoms with Crippen molar-refractivity contribution in [2.75, 3.05) is 21.2 Å². The average molecular weight is 529 g/mol. The van der Waals surface area contributed by atoms with Crippen LogP contribution in [0.4, 0.5) is 0 Å². The van der Waals surface area contributed by atoms with Crippen LogP contribution in [0.3, 0.4) is 0 Å². The summed E-state index contributed by atoms with van der Waals surface area (Å²) in [4.78, 5) is 54.6. The number of ether oxygens (including phenoxy) is 1. The van der Waals surface area contributed by atoms with E-state index < -0.39 is 64.3 Å². The third-order valence-corrected chi connectivity index (χ3v) is 8.61. The lowest BCUT2D eigenvalue weighted by molar-refractivity contribution is -0.157. The third kappa shape index (κ3) is 3.95. The number of carbonyl (C=O) groups is 4. The van der Waals surface area contributed by atoms with Crippen LogP contribution in [0.5, 0.6) is 11.5 Å². The highest BCUT2D eigenvalue weighted by molar-refractivity contribution is 6.33. The maximum absolute atomic E-state index is 13.9. The molecule has 0 bridgehead atoms. The molecule has 0 aromatic heterocycles. The lowest BCUT2D eigenvalue weighted by Gasteiger charge is -2.53. The van der Waals surface area contributed by atoms with E-state index in [-0.39, 0.29) is 30.2 Å². The molecule has 2 fully saturated rings. The Bertz CT molecular complexity index is 1230. The van der Waals surface area contributed by atoms with Crippen LogP contribution < -0.4 is 15.8 Å². The van der Waals surface area contributed by atoms with Gasteiger partial charge in [0.15, 0.2) is 23.0 Å². The minimum atomic E-state index is -2.52. The van der Waals surface area contributed by atoms with Gasteiger partial charge in [-0.05, 0) is 52.3 Å². The molecule has 3 aliphatic carbocycles. The van der Waals surface area contributed by atoms with E-state index in [0.29, 0.717) is 23.4 Å². The zero-order valence-electron chi connectivity index (χ0n) is 22.3. The van der Waals surface area contributed by atoms with Crippen LogP contribution in [0.2, 0.25) is 0 Å². The summed E-state index contributed by atoms with van der Waals surface area (Å²) in [6.45, 7) is 4.47. The molecule has 7 unspecified atom stereocenters. The SMILES string of the molecule is CCC(C)NCc1cc(O)c2c(c1OC)CC1CC3C(N(C)C)C(=O)C(C(N)=O)C(=N)C3(O)C(=O)C1C2=O. The Morgan fingerprint density at radius 3 is 2.55 bits per heavy atom. The second kappa shape index (κ2) is 9.87. The summed E-state index contributed by atoms with van der Waals surface area (Å²) in [6.07, 6.45) is 1.16. The zero-order valence-corrected chi connectivity index (χ0v) is 22.3. The Hall–Kier alpha value is -3.15. The smallest absolute Gasteiger partial charge is 0.233 e. The highest BCUT2D eigenvalue weighted by Crippen LogP contribution is 2.52. The lowest BCUT2D eigenvalue weighted by atomic mass is 9.52. The molecule has 0 heterocycles. The molecule has 1 aromatic carbocycles. The number of hydrogen-bond donors (Lipinski definition) is 5. The Labute approximate surface area is 221 Å². The second-order valence-electron chi connectivity index (χ2n) is 11.0. The fourth-order valence-corrected chi connectivity index (χ4v) is 6.59. The van der Waals surface area contributed by atoms with Gasteiger partial charge in [-0.2, -0.15) is 0 Å². The third-order valence-electron chi connectivity index (χ3n) is 8.61. The minimum Gasteiger partial charge on any atom is -0.507 e. The number of nitrogens with two attached hydrogens (primary N) is 1. The van der Waals surface area contributed by atoms with Gasteiger partial charge in [0, 0.05) is 29.6 Å². The van der Waals surface area contributed by atoms with Gasteiger partial charge in [-0.1, -0.05) is 6.92 Å². The number of rotatable bonds is 7. The number of amides is 1. The average Bonchev–Trinajstić information content (AvgIpc) is 2.84. The number of fused-ring (bicyclic) bond motifs is 3. The number of aliphatic hydroxyl groups is 1. The van der Waals surface area contributed by atoms with E-state index in [9.17, 15) is 29.4 Å². The van der Waals surface area contributed by atoms with E-state index in [1.807, 2.05) is 13.8 Å². The van der Waals surface area contributed by atoms with Crippen molar-refractivity contribution in [1.82, 2.24) is 10.2 Å². The molecule has 3 aliphatic rings. The van der Waals surface area contributed by atoms with E-state index in [4.69, 9.17) is 15.9 Å². The van der Waals surface area contributed by atoms with Crippen LogP contribution in [0, 0.1) is 29.1 Å². The van der Waals surface area contributed by atoms with Gasteiger partial charge in [0.25, 0.3) is 0 Å². The highest BCUT2D eigenvalue weighted by Gasteiger charge is 2.67. The number of methoxy groups -OCH3 is 1. The molecule has 6 N–H and O–H groups in total. The molecule has 0 saturated heterocycles. The molecule has 1 aromatic rings. The molecule has 4 rings (SSSR count). The number of carbonyl (C=O) groups excluding carboxylic acids is 4. The Balaban J connectivity index is 1.82. The molecule has 2 saturated carbocycles. The molecular formula is C27H36N4O7. The summed E-state index contributed by atoms with van der Waals surface area (Å²) < 4.78 is 5.69. The number of phenols is 1. The van der Waals surface area contributed by atoms with Crippen LogP contribution in [0.1, 0.15) is 48.2 Å². The molecule has 0 spiro atoms. The lowest BCUT2D eigenvalue weighted by Crippen LogP contribution is -2.73. The van der Waals surface area contributed by atoms with Gasteiger partial charge in [-0.15, -0.1) is 0 Å². The van der Waals surface area contributed by atoms with Crippen LogP contribution in [-0.4, -0.2) is 83.0 Å². The second-order valence-corrected chi connectivity index (χ2v) is 11.0. The van der Waals surface area contributed by atoms with E-state index >= 15 is 0 Å². The number of nitrogens with one attached hydrogen (secondary N) is 2. The molecule has 7 atom stereocenters. The number of aromatic hydroxyl groups is 1. The molecular weight excluding hydrogens is 492 g/mol. The Kier molecular flexibility index (Phi) is 7.24. The number of benzene rings is 1. The molecule has 11 nitrogen and oxygen atoms in total. The first-order valence-corrected chi connectivity index (χ1v) is 12.8. The summed E-state index contributed by atoms with van der Waals surface area (Å²) in [5, 5.41) is 34.5. The van der Waals surface area contributed by atoms with E-state index in [1.165, 1.54) is 18.1 Å². The van der Waals surface area contributed by atoms with Gasteiger partial charge in [0.2, 0.25) is 5.91 Å². The predicted molar refractivity (Wildman–Crippen MR) is 137 cm³/mol. The van der Waals surface area contributed by atoms with Gasteiger partial charge >= 0.3 is 0 Å². The molecule has 206 valence electrons. The molecule has 0 aliphatic heterocycles. The van der Waals surface area contributed by atoms with Crippen molar-refractivity contribution < 1.29 is 34.1 Å². The van der Waals surface area contributed by atoms with Gasteiger partial charge in [0.1, 0.15) is 17.4 Å². The van der Waals surface area contributed by atoms with Crippen molar-refractivity contribution in [3.05, 3.63) is 22.8 Å². The first-order chi connectivity index (χ1) is 17.8. The normalized spacial score (nSPS) is 31.5. The minimum absolute atomic E-state index is 0.0418. The monoisotopic (exact) mass is 528 g/mol. The number of primary amides is 1. The number of likely N-dealkylation sites (N-methyl/N-ethyl adjacent to an activating group) is 1. The van der Waals surface area contributed by atoms with Crippen molar-refractivity contribution in [2.24, 2.45) is 29.4 Å². The highest BCUT2D eigenvalue weighted by atomic mass is 16.5. The van der Waals surface area contributed by atoms with Crippen molar-refractivity contribution in [3.8, 4) is 11.5 Å². The zero-order chi connectivity index (χ0) is 28.3. The maximum Gasteiger partial charge on any atom is 0.233 e. The van der Waals surface area contributed by atoms with E-state index in [1.54, 1.807) is 14.1 Å². The topological polar surface area (TPSA) is 183 Å². The standard InChI is InChI=1S/C27H36N4O7/c1-6-11(2)30-10-13-9-16(32)18-14(23(13)38-5)7-12-8-15-20(31(3)4)22(34)19(26(29)36)24(28)27(15,37)25(35)17(12)21(18)33/h9,11-12,15,17,19-20,28,30,32,37H,6-8,10H2,1-5H3,(H2,29,36). The number of ketones is 3. The number of hydrogen-bond acceptors (Lipinski definition) is 10. The molecule has 38 heavy (non-hydrogen) atoms. The van der Waals surface area contributed by atoms with Crippen LogP contribution >= 0.6 is 0 Å². The van der Waals surface area contributed by atoms with Crippen molar-refractivity contribution in [2.45, 2.75) is 57.3 Å². The largest absolute Gasteiger partial charge is 0.507 e. The Morgan fingerprint density at radius 2 is 2.00 bits per heavy atom. The van der Waals surface area contributed by atoms with Gasteiger partial charge < -0.3 is 31.4 Å². The summed E-state index contributed by atoms with van der Waals surface area (Å²) in [7, 11) is 4.66. The van der Waals surface area contributed by atoms with Crippen molar-refractivity contribution in [1.29, 1.82) is 5.41 Å².